The highest BCUT2D eigenvalue weighted by atomic mass is 16.5. The zero-order valence-corrected chi connectivity index (χ0v) is 18.2. The molecule has 0 aliphatic carbocycles. The maximum Gasteiger partial charge on any atom is 0.305 e. The Labute approximate surface area is 189 Å². The third kappa shape index (κ3) is 7.17. The minimum atomic E-state index is -0.403. The van der Waals surface area contributed by atoms with Crippen LogP contribution in [0.15, 0.2) is 64.2 Å². The molecule has 0 saturated heterocycles. The van der Waals surface area contributed by atoms with Crippen LogP contribution < -0.4 is 27.1 Å². The maximum absolute atomic E-state index is 12.4. The van der Waals surface area contributed by atoms with Crippen molar-refractivity contribution >= 4 is 24.0 Å². The van der Waals surface area contributed by atoms with Crippen LogP contribution in [0, 0.1) is 0 Å². The molecular weight excluding hydrogens is 422 g/mol. The molecule has 2 aromatic carbocycles. The summed E-state index contributed by atoms with van der Waals surface area (Å²) in [4.78, 5) is 53.0. The van der Waals surface area contributed by atoms with E-state index in [2.05, 4.69) is 20.0 Å². The average Bonchev–Trinajstić information content (AvgIpc) is 2.82. The van der Waals surface area contributed by atoms with E-state index in [0.717, 1.165) is 16.7 Å². The number of ether oxygens (including phenoxy) is 1. The van der Waals surface area contributed by atoms with E-state index in [1.807, 2.05) is 42.5 Å². The third-order valence-electron chi connectivity index (χ3n) is 4.89. The Bertz CT molecular complexity index is 1340. The summed E-state index contributed by atoms with van der Waals surface area (Å²) in [6, 6.07) is 16.5. The molecule has 1 heterocycles. The van der Waals surface area contributed by atoms with Crippen LogP contribution in [0.5, 0.6) is 0 Å². The Kier molecular flexibility index (Phi) is 8.13. The second-order valence-electron chi connectivity index (χ2n) is 7.38. The first kappa shape index (κ1) is 23.5. The number of aromatic amines is 2. The molecule has 170 valence electrons. The fourth-order valence-electron chi connectivity index (χ4n) is 3.09. The number of H-pyrrole nitrogens is 2. The SMILES string of the molecule is COC(=O)CCCC(=O)NCc1ccc(C=c2[nH]c(=O)c(=Cc3ccccc3)[nH]c2=O)cc1. The van der Waals surface area contributed by atoms with Crippen LogP contribution >= 0.6 is 0 Å². The monoisotopic (exact) mass is 447 g/mol. The van der Waals surface area contributed by atoms with Gasteiger partial charge in [-0.3, -0.25) is 19.2 Å². The molecule has 0 unspecified atom stereocenters. The number of amides is 1. The van der Waals surface area contributed by atoms with Gasteiger partial charge in [0.15, 0.2) is 0 Å². The Morgan fingerprint density at radius 2 is 1.42 bits per heavy atom. The van der Waals surface area contributed by atoms with E-state index < -0.39 is 11.1 Å². The van der Waals surface area contributed by atoms with Gasteiger partial charge in [-0.15, -0.1) is 0 Å². The van der Waals surface area contributed by atoms with Crippen LogP contribution in [-0.4, -0.2) is 29.0 Å². The maximum atomic E-state index is 12.4. The number of nitrogens with one attached hydrogen (secondary N) is 3. The summed E-state index contributed by atoms with van der Waals surface area (Å²) >= 11 is 0. The summed E-state index contributed by atoms with van der Waals surface area (Å²) in [6.45, 7) is 0.346. The van der Waals surface area contributed by atoms with Crippen molar-refractivity contribution in [3.05, 3.63) is 103 Å². The highest BCUT2D eigenvalue weighted by Gasteiger charge is 2.05. The van der Waals surface area contributed by atoms with Crippen LogP contribution in [0.2, 0.25) is 0 Å². The van der Waals surface area contributed by atoms with Gasteiger partial charge < -0.3 is 20.0 Å². The normalized spacial score (nSPS) is 11.9. The molecule has 0 fully saturated rings. The minimum absolute atomic E-state index is 0.147. The van der Waals surface area contributed by atoms with E-state index >= 15 is 0 Å². The molecule has 8 nitrogen and oxygen atoms in total. The first-order valence-electron chi connectivity index (χ1n) is 10.5. The molecular formula is C25H25N3O5. The number of rotatable bonds is 8. The van der Waals surface area contributed by atoms with Gasteiger partial charge in [0, 0.05) is 19.4 Å². The van der Waals surface area contributed by atoms with Gasteiger partial charge >= 0.3 is 5.97 Å². The van der Waals surface area contributed by atoms with E-state index in [4.69, 9.17) is 0 Å². The zero-order chi connectivity index (χ0) is 23.6. The summed E-state index contributed by atoms with van der Waals surface area (Å²) in [5.41, 5.74) is 1.62. The molecule has 3 N–H and O–H groups in total. The molecule has 0 spiro atoms. The summed E-state index contributed by atoms with van der Waals surface area (Å²) in [7, 11) is 1.32. The molecule has 0 aliphatic heterocycles. The van der Waals surface area contributed by atoms with Crippen molar-refractivity contribution in [2.75, 3.05) is 7.11 Å². The molecule has 3 rings (SSSR count). The molecule has 1 amide bonds. The van der Waals surface area contributed by atoms with Crippen molar-refractivity contribution in [1.29, 1.82) is 0 Å². The summed E-state index contributed by atoms with van der Waals surface area (Å²) in [5.74, 6) is -0.482. The van der Waals surface area contributed by atoms with E-state index in [9.17, 15) is 19.2 Å². The van der Waals surface area contributed by atoms with E-state index in [0.29, 0.717) is 13.0 Å². The van der Waals surface area contributed by atoms with Crippen LogP contribution in [0.3, 0.4) is 0 Å². The minimum Gasteiger partial charge on any atom is -0.469 e. The van der Waals surface area contributed by atoms with Gasteiger partial charge in [-0.25, -0.2) is 0 Å². The van der Waals surface area contributed by atoms with Gasteiger partial charge in [-0.2, -0.15) is 0 Å². The molecule has 0 atom stereocenters. The molecule has 33 heavy (non-hydrogen) atoms. The van der Waals surface area contributed by atoms with Crippen LogP contribution in [0.1, 0.15) is 36.0 Å². The van der Waals surface area contributed by atoms with Gasteiger partial charge in [0.05, 0.1) is 7.11 Å². The Morgan fingerprint density at radius 1 is 0.848 bits per heavy atom. The summed E-state index contributed by atoms with van der Waals surface area (Å²) < 4.78 is 4.54. The number of carbonyl (C=O) groups excluding carboxylic acids is 2. The number of hydrogen-bond acceptors (Lipinski definition) is 5. The third-order valence-corrected chi connectivity index (χ3v) is 4.89. The highest BCUT2D eigenvalue weighted by molar-refractivity contribution is 5.77. The standard InChI is InChI=1S/C25H25N3O5/c1-33-23(30)9-5-8-22(29)26-16-19-12-10-18(11-13-19)15-21-25(32)27-20(24(31)28-21)14-17-6-3-2-4-7-17/h2-4,6-7,10-15H,5,8-9,16H2,1H3,(H,26,29)(H,27,32)(H,28,31). The molecule has 0 radical (unpaired) electrons. The Balaban J connectivity index is 1.66. The summed E-state index contributed by atoms with van der Waals surface area (Å²) in [6.07, 6.45) is 4.08. The van der Waals surface area contributed by atoms with E-state index in [1.165, 1.54) is 7.11 Å². The van der Waals surface area contributed by atoms with Crippen molar-refractivity contribution in [3.8, 4) is 0 Å². The average molecular weight is 447 g/mol. The Morgan fingerprint density at radius 3 is 2.00 bits per heavy atom. The van der Waals surface area contributed by atoms with Crippen molar-refractivity contribution in [1.82, 2.24) is 15.3 Å². The highest BCUT2D eigenvalue weighted by Crippen LogP contribution is 2.05. The van der Waals surface area contributed by atoms with Crippen molar-refractivity contribution in [2.45, 2.75) is 25.8 Å². The van der Waals surface area contributed by atoms with Crippen molar-refractivity contribution in [2.24, 2.45) is 0 Å². The lowest BCUT2D eigenvalue weighted by atomic mass is 10.1. The molecule has 0 saturated carbocycles. The lowest BCUT2D eigenvalue weighted by Gasteiger charge is -2.05. The smallest absolute Gasteiger partial charge is 0.305 e. The lowest BCUT2D eigenvalue weighted by molar-refractivity contribution is -0.140. The fourth-order valence-corrected chi connectivity index (χ4v) is 3.09. The van der Waals surface area contributed by atoms with Gasteiger partial charge in [0.1, 0.15) is 10.7 Å². The van der Waals surface area contributed by atoms with Gasteiger partial charge in [0.2, 0.25) is 5.91 Å². The first-order chi connectivity index (χ1) is 15.9. The lowest BCUT2D eigenvalue weighted by Crippen LogP contribution is -2.46. The van der Waals surface area contributed by atoms with Crippen molar-refractivity contribution < 1.29 is 14.3 Å². The summed E-state index contributed by atoms with van der Waals surface area (Å²) in [5, 5.41) is 3.13. The number of hydrogen-bond donors (Lipinski definition) is 3. The van der Waals surface area contributed by atoms with E-state index in [-0.39, 0.29) is 35.4 Å². The number of methoxy groups -OCH3 is 1. The number of esters is 1. The Hall–Kier alpha value is -4.20. The van der Waals surface area contributed by atoms with Crippen LogP contribution in [-0.2, 0) is 20.9 Å². The molecule has 0 bridgehead atoms. The zero-order valence-electron chi connectivity index (χ0n) is 18.2. The number of aromatic nitrogens is 2. The van der Waals surface area contributed by atoms with Gasteiger partial charge in [0.25, 0.3) is 11.1 Å². The van der Waals surface area contributed by atoms with Gasteiger partial charge in [-0.05, 0) is 35.3 Å². The molecule has 1 aromatic heterocycles. The topological polar surface area (TPSA) is 121 Å². The predicted molar refractivity (Wildman–Crippen MR) is 125 cm³/mol. The number of benzene rings is 2. The van der Waals surface area contributed by atoms with Crippen LogP contribution in [0.4, 0.5) is 0 Å². The second-order valence-corrected chi connectivity index (χ2v) is 7.38. The first-order valence-corrected chi connectivity index (χ1v) is 10.5. The fraction of sp³-hybridized carbons (Fsp3) is 0.200. The molecule has 0 aliphatic rings. The van der Waals surface area contributed by atoms with Crippen molar-refractivity contribution in [3.63, 3.8) is 0 Å². The van der Waals surface area contributed by atoms with Crippen LogP contribution in [0.25, 0.3) is 12.2 Å². The predicted octanol–water partition coefficient (Wildman–Crippen LogP) is 0.680. The molecule has 3 aromatic rings. The quantitative estimate of drug-likeness (QED) is 0.439. The molecule has 8 heteroatoms. The largest absolute Gasteiger partial charge is 0.469 e. The van der Waals surface area contributed by atoms with Gasteiger partial charge in [-0.1, -0.05) is 54.6 Å². The van der Waals surface area contributed by atoms with E-state index in [1.54, 1.807) is 24.3 Å². The number of carbonyl (C=O) groups is 2. The second kappa shape index (κ2) is 11.4.